The van der Waals surface area contributed by atoms with Gasteiger partial charge in [-0.25, -0.2) is 0 Å². The van der Waals surface area contributed by atoms with Crippen LogP contribution in [0.15, 0.2) is 24.3 Å². The molecule has 1 rings (SSSR count). The second-order valence-electron chi connectivity index (χ2n) is 3.72. The van der Waals surface area contributed by atoms with Crippen LogP contribution in [0.4, 0.5) is 13.2 Å². The molecular formula is C12H17F3N2O. The zero-order valence-corrected chi connectivity index (χ0v) is 10.2. The molecule has 0 aliphatic heterocycles. The van der Waals surface area contributed by atoms with Gasteiger partial charge in [0.05, 0.1) is 0 Å². The maximum Gasteiger partial charge on any atom is 0.573 e. The van der Waals surface area contributed by atoms with Gasteiger partial charge in [-0.2, -0.15) is 0 Å². The van der Waals surface area contributed by atoms with Gasteiger partial charge >= 0.3 is 6.36 Å². The molecule has 0 bridgehead atoms. The summed E-state index contributed by atoms with van der Waals surface area (Å²) in [5.41, 5.74) is 0.918. The Morgan fingerprint density at radius 2 is 1.67 bits per heavy atom. The summed E-state index contributed by atoms with van der Waals surface area (Å²) in [5.74, 6) is -0.195. The second kappa shape index (κ2) is 7.23. The molecule has 0 aliphatic rings. The van der Waals surface area contributed by atoms with Crippen LogP contribution in [-0.4, -0.2) is 26.0 Å². The standard InChI is InChI=1S/C12H17F3N2O/c1-2-16-7-8-17-9-10-3-5-11(6-4-10)18-12(13,14)15/h3-6,16-17H,2,7-9H2,1H3. The summed E-state index contributed by atoms with van der Waals surface area (Å²) in [5, 5.41) is 6.34. The summed E-state index contributed by atoms with van der Waals surface area (Å²) < 4.78 is 39.5. The van der Waals surface area contributed by atoms with Crippen molar-refractivity contribution in [1.29, 1.82) is 0 Å². The van der Waals surface area contributed by atoms with Crippen molar-refractivity contribution in [1.82, 2.24) is 10.6 Å². The van der Waals surface area contributed by atoms with Gasteiger partial charge in [0.2, 0.25) is 0 Å². The van der Waals surface area contributed by atoms with Crippen LogP contribution in [-0.2, 0) is 6.54 Å². The monoisotopic (exact) mass is 262 g/mol. The SMILES string of the molecule is CCNCCNCc1ccc(OC(F)(F)F)cc1. The van der Waals surface area contributed by atoms with Crippen molar-refractivity contribution in [2.75, 3.05) is 19.6 Å². The van der Waals surface area contributed by atoms with Crippen LogP contribution in [0.1, 0.15) is 12.5 Å². The Balaban J connectivity index is 2.32. The number of ether oxygens (including phenoxy) is 1. The predicted octanol–water partition coefficient (Wildman–Crippen LogP) is 2.28. The van der Waals surface area contributed by atoms with E-state index in [4.69, 9.17) is 0 Å². The summed E-state index contributed by atoms with van der Waals surface area (Å²) in [6.07, 6.45) is -4.63. The van der Waals surface area contributed by atoms with E-state index in [1.54, 1.807) is 12.1 Å². The molecule has 2 N–H and O–H groups in total. The number of likely N-dealkylation sites (N-methyl/N-ethyl adjacent to an activating group) is 1. The minimum Gasteiger partial charge on any atom is -0.406 e. The van der Waals surface area contributed by atoms with Crippen LogP contribution in [0.2, 0.25) is 0 Å². The van der Waals surface area contributed by atoms with Crippen LogP contribution in [0.25, 0.3) is 0 Å². The Hall–Kier alpha value is -1.27. The van der Waals surface area contributed by atoms with Crippen molar-refractivity contribution in [2.45, 2.75) is 19.8 Å². The Morgan fingerprint density at radius 3 is 2.22 bits per heavy atom. The summed E-state index contributed by atoms with van der Waals surface area (Å²) >= 11 is 0. The maximum absolute atomic E-state index is 11.9. The van der Waals surface area contributed by atoms with E-state index in [-0.39, 0.29) is 5.75 Å². The minimum absolute atomic E-state index is 0.195. The lowest BCUT2D eigenvalue weighted by Gasteiger charge is -2.09. The first-order valence-corrected chi connectivity index (χ1v) is 5.77. The summed E-state index contributed by atoms with van der Waals surface area (Å²) in [6, 6.07) is 5.85. The molecule has 0 spiro atoms. The molecule has 0 radical (unpaired) electrons. The summed E-state index contributed by atoms with van der Waals surface area (Å²) in [6.45, 7) is 5.25. The van der Waals surface area contributed by atoms with Crippen molar-refractivity contribution in [3.05, 3.63) is 29.8 Å². The van der Waals surface area contributed by atoms with E-state index in [2.05, 4.69) is 15.4 Å². The number of nitrogens with one attached hydrogen (secondary N) is 2. The first-order chi connectivity index (χ1) is 8.51. The van der Waals surface area contributed by atoms with Crippen LogP contribution < -0.4 is 15.4 Å². The maximum atomic E-state index is 11.9. The average molecular weight is 262 g/mol. The fourth-order valence-corrected chi connectivity index (χ4v) is 1.40. The van der Waals surface area contributed by atoms with Crippen LogP contribution in [0.3, 0.4) is 0 Å². The van der Waals surface area contributed by atoms with Crippen molar-refractivity contribution in [3.63, 3.8) is 0 Å². The number of rotatable bonds is 7. The highest BCUT2D eigenvalue weighted by Crippen LogP contribution is 2.22. The van der Waals surface area contributed by atoms with E-state index >= 15 is 0 Å². The molecule has 18 heavy (non-hydrogen) atoms. The molecule has 0 atom stereocenters. The largest absolute Gasteiger partial charge is 0.573 e. The van der Waals surface area contributed by atoms with Gasteiger partial charge in [-0.15, -0.1) is 13.2 Å². The normalized spacial score (nSPS) is 11.6. The molecule has 1 aromatic rings. The number of benzene rings is 1. The molecule has 0 saturated heterocycles. The van der Waals surface area contributed by atoms with Crippen LogP contribution >= 0.6 is 0 Å². The number of halogens is 3. The molecule has 0 amide bonds. The van der Waals surface area contributed by atoms with Gasteiger partial charge in [0, 0.05) is 19.6 Å². The van der Waals surface area contributed by atoms with E-state index in [9.17, 15) is 13.2 Å². The fraction of sp³-hybridized carbons (Fsp3) is 0.500. The Kier molecular flexibility index (Phi) is 5.94. The lowest BCUT2D eigenvalue weighted by molar-refractivity contribution is -0.274. The van der Waals surface area contributed by atoms with E-state index < -0.39 is 6.36 Å². The van der Waals surface area contributed by atoms with E-state index in [1.165, 1.54) is 12.1 Å². The Bertz CT molecular complexity index is 338. The van der Waals surface area contributed by atoms with Crippen molar-refractivity contribution >= 4 is 0 Å². The molecule has 0 aliphatic carbocycles. The van der Waals surface area contributed by atoms with Crippen LogP contribution in [0.5, 0.6) is 5.75 Å². The molecule has 0 fully saturated rings. The van der Waals surface area contributed by atoms with Gasteiger partial charge in [0.15, 0.2) is 0 Å². The van der Waals surface area contributed by atoms with Gasteiger partial charge in [-0.05, 0) is 24.2 Å². The fourth-order valence-electron chi connectivity index (χ4n) is 1.40. The van der Waals surface area contributed by atoms with Gasteiger partial charge in [0.1, 0.15) is 5.75 Å². The quantitative estimate of drug-likeness (QED) is 0.740. The third-order valence-electron chi connectivity index (χ3n) is 2.21. The predicted molar refractivity (Wildman–Crippen MR) is 63.4 cm³/mol. The van der Waals surface area contributed by atoms with Gasteiger partial charge in [0.25, 0.3) is 0 Å². The Labute approximate surface area is 104 Å². The van der Waals surface area contributed by atoms with Gasteiger partial charge in [-0.1, -0.05) is 19.1 Å². The highest BCUT2D eigenvalue weighted by Gasteiger charge is 2.30. The van der Waals surface area contributed by atoms with Crippen molar-refractivity contribution < 1.29 is 17.9 Å². The average Bonchev–Trinajstić information content (AvgIpc) is 2.29. The topological polar surface area (TPSA) is 33.3 Å². The van der Waals surface area contributed by atoms with E-state index in [0.29, 0.717) is 6.54 Å². The summed E-state index contributed by atoms with van der Waals surface area (Å²) in [7, 11) is 0. The molecule has 3 nitrogen and oxygen atoms in total. The highest BCUT2D eigenvalue weighted by molar-refractivity contribution is 5.27. The van der Waals surface area contributed by atoms with Gasteiger partial charge in [-0.3, -0.25) is 0 Å². The molecule has 0 aromatic heterocycles. The third kappa shape index (κ3) is 6.46. The third-order valence-corrected chi connectivity index (χ3v) is 2.21. The second-order valence-corrected chi connectivity index (χ2v) is 3.72. The number of hydrogen-bond acceptors (Lipinski definition) is 3. The lowest BCUT2D eigenvalue weighted by atomic mass is 10.2. The summed E-state index contributed by atoms with van der Waals surface area (Å²) in [4.78, 5) is 0. The molecule has 6 heteroatoms. The van der Waals surface area contributed by atoms with Gasteiger partial charge < -0.3 is 15.4 Å². The van der Waals surface area contributed by atoms with E-state index in [0.717, 1.165) is 25.2 Å². The minimum atomic E-state index is -4.63. The Morgan fingerprint density at radius 1 is 1.06 bits per heavy atom. The number of hydrogen-bond donors (Lipinski definition) is 2. The smallest absolute Gasteiger partial charge is 0.406 e. The molecule has 0 saturated carbocycles. The van der Waals surface area contributed by atoms with Crippen molar-refractivity contribution in [3.8, 4) is 5.75 Å². The van der Waals surface area contributed by atoms with Crippen molar-refractivity contribution in [2.24, 2.45) is 0 Å². The molecule has 1 aromatic carbocycles. The molecule has 0 unspecified atom stereocenters. The lowest BCUT2D eigenvalue weighted by Crippen LogP contribution is -2.26. The molecule has 0 heterocycles. The molecule has 102 valence electrons. The first-order valence-electron chi connectivity index (χ1n) is 5.77. The number of alkyl halides is 3. The first kappa shape index (κ1) is 14.8. The zero-order valence-electron chi connectivity index (χ0n) is 10.2. The van der Waals surface area contributed by atoms with E-state index in [1.807, 2.05) is 6.92 Å². The molecular weight excluding hydrogens is 245 g/mol. The van der Waals surface area contributed by atoms with Crippen LogP contribution in [0, 0.1) is 0 Å². The highest BCUT2D eigenvalue weighted by atomic mass is 19.4. The zero-order chi connectivity index (χ0) is 13.4.